The van der Waals surface area contributed by atoms with E-state index in [9.17, 15) is 5.11 Å². The molecule has 0 radical (unpaired) electrons. The van der Waals surface area contributed by atoms with E-state index in [-0.39, 0.29) is 5.75 Å². The van der Waals surface area contributed by atoms with E-state index >= 15 is 0 Å². The molecule has 4 nitrogen and oxygen atoms in total. The van der Waals surface area contributed by atoms with Gasteiger partial charge in [0.2, 0.25) is 0 Å². The molecule has 2 aromatic rings. The first-order chi connectivity index (χ1) is 8.76. The fraction of sp³-hybridized carbons (Fsp3) is 0.0714. The highest BCUT2D eigenvalue weighted by atomic mass is 16.5. The fourth-order valence-corrected chi connectivity index (χ4v) is 1.69. The van der Waals surface area contributed by atoms with Crippen LogP contribution in [-0.4, -0.2) is 23.1 Å². The summed E-state index contributed by atoms with van der Waals surface area (Å²) in [5, 5.41) is 22.3. The van der Waals surface area contributed by atoms with E-state index in [4.69, 9.17) is 9.94 Å². The zero-order chi connectivity index (χ0) is 13.0. The first kappa shape index (κ1) is 12.0. The van der Waals surface area contributed by atoms with Gasteiger partial charge in [0, 0.05) is 11.1 Å². The highest BCUT2D eigenvalue weighted by Crippen LogP contribution is 2.25. The van der Waals surface area contributed by atoms with Crippen molar-refractivity contribution in [2.45, 2.75) is 0 Å². The van der Waals surface area contributed by atoms with Gasteiger partial charge in [0.1, 0.15) is 17.2 Å². The summed E-state index contributed by atoms with van der Waals surface area (Å²) in [7, 11) is 1.54. The topological polar surface area (TPSA) is 62.0 Å². The summed E-state index contributed by atoms with van der Waals surface area (Å²) >= 11 is 0. The lowest BCUT2D eigenvalue weighted by Crippen LogP contribution is -2.04. The maximum atomic E-state index is 9.85. The van der Waals surface area contributed by atoms with Gasteiger partial charge in [-0.05, 0) is 18.2 Å². The maximum Gasteiger partial charge on any atom is 0.125 e. The van der Waals surface area contributed by atoms with Crippen molar-refractivity contribution in [3.05, 3.63) is 59.7 Å². The summed E-state index contributed by atoms with van der Waals surface area (Å²) < 4.78 is 5.09. The summed E-state index contributed by atoms with van der Waals surface area (Å²) in [4.78, 5) is 0. The van der Waals surface area contributed by atoms with Crippen LogP contribution in [0.1, 0.15) is 11.1 Å². The summed E-state index contributed by atoms with van der Waals surface area (Å²) in [6.07, 6.45) is 0. The molecule has 2 rings (SSSR count). The van der Waals surface area contributed by atoms with Crippen LogP contribution in [0.25, 0.3) is 0 Å². The minimum atomic E-state index is 0.0347. The summed E-state index contributed by atoms with van der Waals surface area (Å²) in [6.45, 7) is 0. The van der Waals surface area contributed by atoms with Crippen LogP contribution >= 0.6 is 0 Å². The fourth-order valence-electron chi connectivity index (χ4n) is 1.69. The number of benzene rings is 2. The molecule has 0 fully saturated rings. The van der Waals surface area contributed by atoms with Crippen LogP contribution in [0.5, 0.6) is 11.5 Å². The Labute approximate surface area is 105 Å². The van der Waals surface area contributed by atoms with E-state index in [0.29, 0.717) is 22.6 Å². The number of phenols is 1. The lowest BCUT2D eigenvalue weighted by atomic mass is 10.0. The summed E-state index contributed by atoms with van der Waals surface area (Å²) in [5.74, 6) is 0.618. The summed E-state index contributed by atoms with van der Waals surface area (Å²) in [6, 6.07) is 13.9. The van der Waals surface area contributed by atoms with Crippen LogP contribution in [0.2, 0.25) is 0 Å². The van der Waals surface area contributed by atoms with Crippen LogP contribution in [-0.2, 0) is 0 Å². The Morgan fingerprint density at radius 3 is 2.44 bits per heavy atom. The highest BCUT2D eigenvalue weighted by molar-refractivity contribution is 6.14. The van der Waals surface area contributed by atoms with E-state index in [1.165, 1.54) is 13.2 Å². The van der Waals surface area contributed by atoms with Gasteiger partial charge < -0.3 is 15.1 Å². The maximum absolute atomic E-state index is 9.85. The van der Waals surface area contributed by atoms with Crippen LogP contribution in [0.4, 0.5) is 0 Å². The molecule has 0 heterocycles. The third-order valence-corrected chi connectivity index (χ3v) is 2.61. The molecule has 0 aliphatic heterocycles. The number of hydrogen-bond donors (Lipinski definition) is 2. The molecule has 0 saturated carbocycles. The van der Waals surface area contributed by atoms with E-state index in [2.05, 4.69) is 5.16 Å². The van der Waals surface area contributed by atoms with E-state index in [0.717, 1.165) is 0 Å². The minimum absolute atomic E-state index is 0.0347. The largest absolute Gasteiger partial charge is 0.507 e. The van der Waals surface area contributed by atoms with Gasteiger partial charge in [-0.2, -0.15) is 0 Å². The molecule has 2 N–H and O–H groups in total. The van der Waals surface area contributed by atoms with Crippen molar-refractivity contribution >= 4 is 5.71 Å². The number of oxime groups is 1. The second-order valence-electron chi connectivity index (χ2n) is 3.70. The third-order valence-electron chi connectivity index (χ3n) is 2.61. The first-order valence-electron chi connectivity index (χ1n) is 5.41. The molecular formula is C14H13NO3. The average molecular weight is 243 g/mol. The number of hydrogen-bond acceptors (Lipinski definition) is 4. The van der Waals surface area contributed by atoms with Crippen molar-refractivity contribution < 1.29 is 15.1 Å². The van der Waals surface area contributed by atoms with Crippen molar-refractivity contribution in [2.24, 2.45) is 5.16 Å². The van der Waals surface area contributed by atoms with E-state index in [1.807, 2.05) is 18.2 Å². The molecule has 4 heteroatoms. The Morgan fingerprint density at radius 2 is 1.83 bits per heavy atom. The zero-order valence-electron chi connectivity index (χ0n) is 9.87. The Morgan fingerprint density at radius 1 is 1.11 bits per heavy atom. The number of nitrogens with zero attached hydrogens (tertiary/aromatic N) is 1. The highest BCUT2D eigenvalue weighted by Gasteiger charge is 2.13. The molecule has 0 aliphatic rings. The molecule has 0 amide bonds. The molecule has 18 heavy (non-hydrogen) atoms. The van der Waals surface area contributed by atoms with Crippen LogP contribution in [0, 0.1) is 0 Å². The van der Waals surface area contributed by atoms with Crippen LogP contribution in [0.3, 0.4) is 0 Å². The van der Waals surface area contributed by atoms with Gasteiger partial charge in [0.15, 0.2) is 0 Å². The molecular weight excluding hydrogens is 230 g/mol. The quantitative estimate of drug-likeness (QED) is 0.495. The van der Waals surface area contributed by atoms with Crippen molar-refractivity contribution in [3.63, 3.8) is 0 Å². The standard InChI is InChI=1S/C14H13NO3/c1-18-11-7-8-13(16)12(9-11)14(15-17)10-5-3-2-4-6-10/h2-9,16-17H,1H3. The zero-order valence-corrected chi connectivity index (χ0v) is 9.87. The Hall–Kier alpha value is -2.49. The summed E-state index contributed by atoms with van der Waals surface area (Å²) in [5.41, 5.74) is 1.43. The number of aromatic hydroxyl groups is 1. The van der Waals surface area contributed by atoms with Gasteiger partial charge >= 0.3 is 0 Å². The molecule has 92 valence electrons. The Kier molecular flexibility index (Phi) is 3.48. The molecule has 2 aromatic carbocycles. The van der Waals surface area contributed by atoms with E-state index < -0.39 is 0 Å². The van der Waals surface area contributed by atoms with Crippen molar-refractivity contribution in [1.29, 1.82) is 0 Å². The first-order valence-corrected chi connectivity index (χ1v) is 5.41. The minimum Gasteiger partial charge on any atom is -0.507 e. The molecule has 0 aliphatic carbocycles. The smallest absolute Gasteiger partial charge is 0.125 e. The van der Waals surface area contributed by atoms with Crippen molar-refractivity contribution in [3.8, 4) is 11.5 Å². The molecule has 0 atom stereocenters. The predicted octanol–water partition coefficient (Wildman–Crippen LogP) is 2.63. The average Bonchev–Trinajstić information content (AvgIpc) is 2.43. The number of rotatable bonds is 3. The predicted molar refractivity (Wildman–Crippen MR) is 68.5 cm³/mol. The van der Waals surface area contributed by atoms with Crippen molar-refractivity contribution in [1.82, 2.24) is 0 Å². The molecule has 0 aromatic heterocycles. The van der Waals surface area contributed by atoms with Crippen molar-refractivity contribution in [2.75, 3.05) is 7.11 Å². The van der Waals surface area contributed by atoms with Crippen LogP contribution in [0.15, 0.2) is 53.7 Å². The monoisotopic (exact) mass is 243 g/mol. The molecule has 0 spiro atoms. The Balaban J connectivity index is 2.52. The molecule has 0 unspecified atom stereocenters. The van der Waals surface area contributed by atoms with Gasteiger partial charge in [-0.1, -0.05) is 35.5 Å². The second kappa shape index (κ2) is 5.23. The number of phenolic OH excluding ortho intramolecular Hbond substituents is 1. The Bertz CT molecular complexity index is 565. The molecule has 0 bridgehead atoms. The third kappa shape index (κ3) is 2.27. The molecule has 0 saturated heterocycles. The number of ether oxygens (including phenoxy) is 1. The van der Waals surface area contributed by atoms with Gasteiger partial charge in [-0.3, -0.25) is 0 Å². The van der Waals surface area contributed by atoms with Gasteiger partial charge in [-0.15, -0.1) is 0 Å². The van der Waals surface area contributed by atoms with Gasteiger partial charge in [0.25, 0.3) is 0 Å². The number of methoxy groups -OCH3 is 1. The van der Waals surface area contributed by atoms with Crippen LogP contribution < -0.4 is 4.74 Å². The van der Waals surface area contributed by atoms with Gasteiger partial charge in [0.05, 0.1) is 7.11 Å². The normalized spacial score (nSPS) is 11.3. The second-order valence-corrected chi connectivity index (χ2v) is 3.70. The van der Waals surface area contributed by atoms with Gasteiger partial charge in [-0.25, -0.2) is 0 Å². The lowest BCUT2D eigenvalue weighted by molar-refractivity contribution is 0.319. The lowest BCUT2D eigenvalue weighted by Gasteiger charge is -2.09. The van der Waals surface area contributed by atoms with E-state index in [1.54, 1.807) is 24.3 Å². The SMILES string of the molecule is COc1ccc(O)c(C(=NO)c2ccccc2)c1.